The van der Waals surface area contributed by atoms with E-state index in [9.17, 15) is 4.79 Å². The van der Waals surface area contributed by atoms with Crippen LogP contribution in [0.2, 0.25) is 0 Å². The fraction of sp³-hybridized carbons (Fsp3) is 0.174. The Hall–Kier alpha value is -3.43. The minimum Gasteiger partial charge on any atom is -0.497 e. The minimum absolute atomic E-state index is 0.0675. The zero-order chi connectivity index (χ0) is 22.5. The molecule has 164 valence electrons. The number of nitrogens with zero attached hydrogens (tertiary/aromatic N) is 2. The number of methoxy groups -OCH3 is 3. The molecule has 2 aromatic heterocycles. The molecule has 4 rings (SSSR count). The summed E-state index contributed by atoms with van der Waals surface area (Å²) < 4.78 is 21.2. The molecule has 0 spiro atoms. The highest BCUT2D eigenvalue weighted by Crippen LogP contribution is 2.33. The smallest absolute Gasteiger partial charge is 0.358 e. The van der Waals surface area contributed by atoms with Crippen molar-refractivity contribution in [1.29, 1.82) is 0 Å². The molecule has 0 atom stereocenters. The van der Waals surface area contributed by atoms with Gasteiger partial charge in [-0.05, 0) is 42.5 Å². The number of aromatic nitrogens is 2. The lowest BCUT2D eigenvalue weighted by Crippen LogP contribution is -2.05. The van der Waals surface area contributed by atoms with Crippen LogP contribution >= 0.6 is 22.7 Å². The Labute approximate surface area is 193 Å². The highest BCUT2D eigenvalue weighted by Gasteiger charge is 2.15. The number of benzene rings is 2. The average molecular weight is 469 g/mol. The van der Waals surface area contributed by atoms with Crippen molar-refractivity contribution in [2.45, 2.75) is 6.61 Å². The van der Waals surface area contributed by atoms with Crippen LogP contribution in [0, 0.1) is 0 Å². The van der Waals surface area contributed by atoms with Gasteiger partial charge in [-0.3, -0.25) is 0 Å². The first-order valence-electron chi connectivity index (χ1n) is 9.55. The molecule has 0 aliphatic carbocycles. The van der Waals surface area contributed by atoms with Gasteiger partial charge in [-0.15, -0.1) is 22.7 Å². The van der Waals surface area contributed by atoms with Crippen molar-refractivity contribution < 1.29 is 23.7 Å². The molecular formula is C23H20N2O5S2. The molecule has 0 unspecified atom stereocenters. The summed E-state index contributed by atoms with van der Waals surface area (Å²) in [5.74, 6) is 1.56. The Bertz CT molecular complexity index is 1220. The lowest BCUT2D eigenvalue weighted by Gasteiger charge is -2.08. The van der Waals surface area contributed by atoms with E-state index >= 15 is 0 Å². The fourth-order valence-corrected chi connectivity index (χ4v) is 4.52. The molecule has 7 nitrogen and oxygen atoms in total. The number of ether oxygens (including phenoxy) is 4. The maximum Gasteiger partial charge on any atom is 0.358 e. The summed E-state index contributed by atoms with van der Waals surface area (Å²) in [5.41, 5.74) is 2.75. The van der Waals surface area contributed by atoms with E-state index in [1.54, 1.807) is 26.7 Å². The van der Waals surface area contributed by atoms with E-state index in [0.29, 0.717) is 17.2 Å². The first-order valence-corrected chi connectivity index (χ1v) is 11.3. The molecular weight excluding hydrogens is 448 g/mol. The lowest BCUT2D eigenvalue weighted by atomic mass is 10.2. The van der Waals surface area contributed by atoms with Gasteiger partial charge in [-0.1, -0.05) is 0 Å². The molecule has 0 aliphatic rings. The number of esters is 1. The predicted molar refractivity (Wildman–Crippen MR) is 124 cm³/mol. The van der Waals surface area contributed by atoms with Gasteiger partial charge >= 0.3 is 5.97 Å². The van der Waals surface area contributed by atoms with Crippen molar-refractivity contribution in [2.75, 3.05) is 21.3 Å². The summed E-state index contributed by atoms with van der Waals surface area (Å²) in [7, 11) is 4.80. The highest BCUT2D eigenvalue weighted by atomic mass is 32.1. The van der Waals surface area contributed by atoms with Gasteiger partial charge in [0.05, 0.1) is 27.0 Å². The highest BCUT2D eigenvalue weighted by molar-refractivity contribution is 7.13. The van der Waals surface area contributed by atoms with Crippen molar-refractivity contribution in [1.82, 2.24) is 9.97 Å². The van der Waals surface area contributed by atoms with Crippen molar-refractivity contribution in [3.8, 4) is 38.4 Å². The molecule has 4 aromatic rings. The topological polar surface area (TPSA) is 79.8 Å². The van der Waals surface area contributed by atoms with Gasteiger partial charge in [0, 0.05) is 21.9 Å². The third-order valence-corrected chi connectivity index (χ3v) is 6.42. The molecule has 0 fully saturated rings. The van der Waals surface area contributed by atoms with E-state index in [0.717, 1.165) is 26.9 Å². The first-order chi connectivity index (χ1) is 15.6. The third kappa shape index (κ3) is 4.74. The Morgan fingerprint density at radius 3 is 2.22 bits per heavy atom. The molecule has 0 saturated carbocycles. The van der Waals surface area contributed by atoms with Crippen molar-refractivity contribution in [3.05, 3.63) is 64.6 Å². The minimum atomic E-state index is -0.485. The number of rotatable bonds is 8. The number of hydrogen-bond donors (Lipinski definition) is 0. The van der Waals surface area contributed by atoms with Gasteiger partial charge in [0.25, 0.3) is 0 Å². The molecule has 0 radical (unpaired) electrons. The first kappa shape index (κ1) is 21.8. The number of thiazole rings is 2. The molecule has 9 heteroatoms. The van der Waals surface area contributed by atoms with E-state index in [1.165, 1.54) is 22.7 Å². The standard InChI is InChI=1S/C23H20N2O5S2/c1-27-17-7-4-14(5-8-17)21-25-18(13-32-21)23(26)30-11-16-12-31-22(24-16)15-6-9-19(28-2)20(10-15)29-3/h4-10,12-13H,11H2,1-3H3. The lowest BCUT2D eigenvalue weighted by molar-refractivity contribution is 0.0462. The number of carbonyl (C=O) groups excluding carboxylic acids is 1. The molecule has 2 heterocycles. The van der Waals surface area contributed by atoms with Gasteiger partial charge < -0.3 is 18.9 Å². The summed E-state index contributed by atoms with van der Waals surface area (Å²) in [5, 5.41) is 5.10. The summed E-state index contributed by atoms with van der Waals surface area (Å²) in [4.78, 5) is 21.4. The van der Waals surface area contributed by atoms with Crippen LogP contribution in [-0.2, 0) is 11.3 Å². The molecule has 2 aromatic carbocycles. The Balaban J connectivity index is 1.40. The molecule has 0 saturated heterocycles. The Morgan fingerprint density at radius 2 is 1.50 bits per heavy atom. The van der Waals surface area contributed by atoms with Gasteiger partial charge in [-0.2, -0.15) is 0 Å². The SMILES string of the molecule is COc1ccc(-c2nc(C(=O)OCc3csc(-c4ccc(OC)c(OC)c4)n3)cs2)cc1. The Kier molecular flexibility index (Phi) is 6.67. The second kappa shape index (κ2) is 9.80. The summed E-state index contributed by atoms with van der Waals surface area (Å²) >= 11 is 2.85. The van der Waals surface area contributed by atoms with E-state index in [4.69, 9.17) is 18.9 Å². The molecule has 0 amide bonds. The van der Waals surface area contributed by atoms with Crippen LogP contribution in [0.1, 0.15) is 16.2 Å². The van der Waals surface area contributed by atoms with Crippen molar-refractivity contribution in [3.63, 3.8) is 0 Å². The van der Waals surface area contributed by atoms with Crippen LogP contribution in [0.15, 0.2) is 53.2 Å². The predicted octanol–water partition coefficient (Wildman–Crippen LogP) is 5.32. The number of hydrogen-bond acceptors (Lipinski definition) is 9. The normalized spacial score (nSPS) is 10.6. The molecule has 32 heavy (non-hydrogen) atoms. The monoisotopic (exact) mass is 468 g/mol. The van der Waals surface area contributed by atoms with Crippen LogP contribution in [-0.4, -0.2) is 37.3 Å². The summed E-state index contributed by atoms with van der Waals surface area (Å²) in [6, 6.07) is 13.1. The van der Waals surface area contributed by atoms with Crippen LogP contribution in [0.4, 0.5) is 0 Å². The van der Waals surface area contributed by atoms with E-state index in [1.807, 2.05) is 47.8 Å². The maximum atomic E-state index is 12.4. The van der Waals surface area contributed by atoms with E-state index < -0.39 is 5.97 Å². The van der Waals surface area contributed by atoms with Crippen LogP contribution < -0.4 is 14.2 Å². The zero-order valence-electron chi connectivity index (χ0n) is 17.7. The van der Waals surface area contributed by atoms with Crippen LogP contribution in [0.3, 0.4) is 0 Å². The van der Waals surface area contributed by atoms with Gasteiger partial charge in [0.1, 0.15) is 22.4 Å². The quantitative estimate of drug-likeness (QED) is 0.324. The average Bonchev–Trinajstić information content (AvgIpc) is 3.52. The van der Waals surface area contributed by atoms with Crippen molar-refractivity contribution >= 4 is 28.6 Å². The van der Waals surface area contributed by atoms with E-state index in [-0.39, 0.29) is 12.3 Å². The van der Waals surface area contributed by atoms with Gasteiger partial charge in [0.15, 0.2) is 17.2 Å². The largest absolute Gasteiger partial charge is 0.497 e. The zero-order valence-corrected chi connectivity index (χ0v) is 19.3. The maximum absolute atomic E-state index is 12.4. The molecule has 0 aliphatic heterocycles. The number of carbonyl (C=O) groups is 1. The second-order valence-corrected chi connectivity index (χ2v) is 8.27. The third-order valence-electron chi connectivity index (χ3n) is 4.58. The van der Waals surface area contributed by atoms with Gasteiger partial charge in [-0.25, -0.2) is 14.8 Å². The van der Waals surface area contributed by atoms with Crippen LogP contribution in [0.25, 0.3) is 21.1 Å². The van der Waals surface area contributed by atoms with Crippen LogP contribution in [0.5, 0.6) is 17.2 Å². The summed E-state index contributed by atoms with van der Waals surface area (Å²) in [6.07, 6.45) is 0. The van der Waals surface area contributed by atoms with E-state index in [2.05, 4.69) is 9.97 Å². The summed E-state index contributed by atoms with van der Waals surface area (Å²) in [6.45, 7) is 0.0675. The Morgan fingerprint density at radius 1 is 0.812 bits per heavy atom. The fourth-order valence-electron chi connectivity index (χ4n) is 2.92. The van der Waals surface area contributed by atoms with Crippen molar-refractivity contribution in [2.24, 2.45) is 0 Å². The van der Waals surface area contributed by atoms with Gasteiger partial charge in [0.2, 0.25) is 0 Å². The molecule has 0 N–H and O–H groups in total. The second-order valence-electron chi connectivity index (χ2n) is 6.56. The molecule has 0 bridgehead atoms.